The van der Waals surface area contributed by atoms with E-state index < -0.39 is 0 Å². The lowest BCUT2D eigenvalue weighted by Crippen LogP contribution is -2.36. The minimum Gasteiger partial charge on any atom is -0.378 e. The summed E-state index contributed by atoms with van der Waals surface area (Å²) in [5, 5.41) is 0. The summed E-state index contributed by atoms with van der Waals surface area (Å²) in [6.07, 6.45) is 0.809. The third kappa shape index (κ3) is 4.44. The average Bonchev–Trinajstić information content (AvgIpc) is 2.70. The van der Waals surface area contributed by atoms with E-state index in [0.29, 0.717) is 6.54 Å². The van der Waals surface area contributed by atoms with Gasteiger partial charge in [0.1, 0.15) is 0 Å². The predicted octanol–water partition coefficient (Wildman–Crippen LogP) is 3.68. The van der Waals surface area contributed by atoms with Crippen LogP contribution < -0.4 is 4.90 Å². The van der Waals surface area contributed by atoms with Crippen molar-refractivity contribution in [3.05, 3.63) is 65.7 Å². The maximum absolute atomic E-state index is 12.9. The van der Waals surface area contributed by atoms with Crippen LogP contribution in [0.5, 0.6) is 0 Å². The van der Waals surface area contributed by atoms with E-state index in [0.717, 1.165) is 43.9 Å². The number of ether oxygens (including phenoxy) is 1. The van der Waals surface area contributed by atoms with E-state index >= 15 is 0 Å². The number of hydrogen-bond acceptors (Lipinski definition) is 3. The summed E-state index contributed by atoms with van der Waals surface area (Å²) in [5.41, 5.74) is 3.47. The summed E-state index contributed by atoms with van der Waals surface area (Å²) in [6, 6.07) is 18.6. The molecule has 4 heteroatoms. The van der Waals surface area contributed by atoms with E-state index in [-0.39, 0.29) is 11.8 Å². The molecule has 0 N–H and O–H groups in total. The number of hydrogen-bond donors (Lipinski definition) is 0. The van der Waals surface area contributed by atoms with E-state index in [1.54, 1.807) is 0 Å². The van der Waals surface area contributed by atoms with Crippen LogP contribution in [0.3, 0.4) is 0 Å². The van der Waals surface area contributed by atoms with Crippen molar-refractivity contribution in [3.8, 4) is 0 Å². The van der Waals surface area contributed by atoms with Gasteiger partial charge in [-0.15, -0.1) is 0 Å². The van der Waals surface area contributed by atoms with E-state index in [1.807, 2.05) is 42.3 Å². The molecule has 138 valence electrons. The highest BCUT2D eigenvalue weighted by Gasteiger charge is 2.22. The fraction of sp³-hybridized carbons (Fsp3) is 0.409. The van der Waals surface area contributed by atoms with Gasteiger partial charge in [0.25, 0.3) is 0 Å². The van der Waals surface area contributed by atoms with Gasteiger partial charge < -0.3 is 14.5 Å². The Morgan fingerprint density at radius 3 is 2.35 bits per heavy atom. The van der Waals surface area contributed by atoms with Crippen LogP contribution in [0.4, 0.5) is 5.69 Å². The molecule has 2 aromatic carbocycles. The van der Waals surface area contributed by atoms with Crippen LogP contribution in [0.25, 0.3) is 0 Å². The minimum atomic E-state index is -0.0752. The van der Waals surface area contributed by atoms with Gasteiger partial charge >= 0.3 is 0 Å². The maximum Gasteiger partial charge on any atom is 0.230 e. The second kappa shape index (κ2) is 8.86. The van der Waals surface area contributed by atoms with Gasteiger partial charge in [0.2, 0.25) is 5.91 Å². The number of carbonyl (C=O) groups is 1. The number of likely N-dealkylation sites (N-methyl/N-ethyl adjacent to an activating group) is 1. The molecule has 0 aromatic heterocycles. The lowest BCUT2D eigenvalue weighted by molar-refractivity contribution is -0.132. The molecule has 1 atom stereocenters. The van der Waals surface area contributed by atoms with Crippen LogP contribution in [-0.4, -0.2) is 44.2 Å². The number of nitrogens with zero attached hydrogens (tertiary/aromatic N) is 2. The zero-order valence-electron chi connectivity index (χ0n) is 15.7. The van der Waals surface area contributed by atoms with Crippen LogP contribution in [0.1, 0.15) is 30.4 Å². The highest BCUT2D eigenvalue weighted by molar-refractivity contribution is 5.83. The lowest BCUT2D eigenvalue weighted by atomic mass is 9.95. The number of carbonyl (C=O) groups excluding carboxylic acids is 1. The van der Waals surface area contributed by atoms with Gasteiger partial charge in [-0.3, -0.25) is 4.79 Å². The topological polar surface area (TPSA) is 32.8 Å². The molecule has 4 nitrogen and oxygen atoms in total. The molecule has 1 saturated heterocycles. The Bertz CT molecular complexity index is 694. The molecule has 1 heterocycles. The normalized spacial score (nSPS) is 15.5. The molecule has 1 unspecified atom stereocenters. The van der Waals surface area contributed by atoms with Crippen LogP contribution in [0.15, 0.2) is 54.6 Å². The van der Waals surface area contributed by atoms with E-state index in [9.17, 15) is 4.79 Å². The van der Waals surface area contributed by atoms with Gasteiger partial charge in [0.15, 0.2) is 0 Å². The molecule has 3 rings (SSSR count). The molecule has 0 bridgehead atoms. The monoisotopic (exact) mass is 352 g/mol. The Hall–Kier alpha value is -2.33. The molecular weight excluding hydrogens is 324 g/mol. The molecule has 26 heavy (non-hydrogen) atoms. The van der Waals surface area contributed by atoms with Crippen molar-refractivity contribution in [2.24, 2.45) is 0 Å². The number of anilines is 1. The molecule has 0 aliphatic carbocycles. The predicted molar refractivity (Wildman–Crippen MR) is 105 cm³/mol. The maximum atomic E-state index is 12.9. The highest BCUT2D eigenvalue weighted by Crippen LogP contribution is 2.23. The largest absolute Gasteiger partial charge is 0.378 e. The summed E-state index contributed by atoms with van der Waals surface area (Å²) < 4.78 is 5.41. The Kier molecular flexibility index (Phi) is 6.29. The van der Waals surface area contributed by atoms with Crippen molar-refractivity contribution < 1.29 is 9.53 Å². The van der Waals surface area contributed by atoms with Crippen molar-refractivity contribution in [3.63, 3.8) is 0 Å². The van der Waals surface area contributed by atoms with Gasteiger partial charge in [0, 0.05) is 32.4 Å². The molecule has 0 spiro atoms. The van der Waals surface area contributed by atoms with Crippen molar-refractivity contribution in [2.75, 3.05) is 38.3 Å². The van der Waals surface area contributed by atoms with Crippen LogP contribution in [0, 0.1) is 0 Å². The van der Waals surface area contributed by atoms with Crippen molar-refractivity contribution in [2.45, 2.75) is 25.8 Å². The number of benzene rings is 2. The summed E-state index contributed by atoms with van der Waals surface area (Å²) in [6.45, 7) is 6.15. The Labute approximate surface area is 156 Å². The molecule has 1 fully saturated rings. The van der Waals surface area contributed by atoms with Gasteiger partial charge in [-0.25, -0.2) is 0 Å². The highest BCUT2D eigenvalue weighted by atomic mass is 16.5. The first-order valence-electron chi connectivity index (χ1n) is 9.40. The zero-order valence-corrected chi connectivity index (χ0v) is 15.7. The van der Waals surface area contributed by atoms with Crippen molar-refractivity contribution in [1.29, 1.82) is 0 Å². The second-order valence-electron chi connectivity index (χ2n) is 6.83. The standard InChI is InChI=1S/C22H28N2O2/c1-3-21(19-7-5-4-6-8-19)22(25)23(2)17-18-9-11-20(12-10-18)24-13-15-26-16-14-24/h4-12,21H,3,13-17H2,1-2H3. The fourth-order valence-electron chi connectivity index (χ4n) is 3.49. The first kappa shape index (κ1) is 18.5. The first-order chi connectivity index (χ1) is 12.7. The molecule has 1 amide bonds. The number of morpholine rings is 1. The average molecular weight is 352 g/mol. The van der Waals surface area contributed by atoms with Gasteiger partial charge in [-0.1, -0.05) is 49.4 Å². The second-order valence-corrected chi connectivity index (χ2v) is 6.83. The Morgan fingerprint density at radius 2 is 1.73 bits per heavy atom. The Morgan fingerprint density at radius 1 is 1.08 bits per heavy atom. The van der Waals surface area contributed by atoms with Crippen LogP contribution >= 0.6 is 0 Å². The van der Waals surface area contributed by atoms with Crippen LogP contribution in [0.2, 0.25) is 0 Å². The zero-order chi connectivity index (χ0) is 18.4. The molecule has 2 aromatic rings. The first-order valence-corrected chi connectivity index (χ1v) is 9.40. The van der Waals surface area contributed by atoms with Gasteiger partial charge in [-0.05, 0) is 29.7 Å². The molecule has 1 aliphatic heterocycles. The third-order valence-corrected chi connectivity index (χ3v) is 5.02. The quantitative estimate of drug-likeness (QED) is 0.795. The summed E-state index contributed by atoms with van der Waals surface area (Å²) in [5.74, 6) is 0.102. The van der Waals surface area contributed by atoms with E-state index in [4.69, 9.17) is 4.74 Å². The van der Waals surface area contributed by atoms with Crippen molar-refractivity contribution in [1.82, 2.24) is 4.90 Å². The lowest BCUT2D eigenvalue weighted by Gasteiger charge is -2.29. The van der Waals surface area contributed by atoms with E-state index in [2.05, 4.69) is 36.1 Å². The summed E-state index contributed by atoms with van der Waals surface area (Å²) >= 11 is 0. The third-order valence-electron chi connectivity index (χ3n) is 5.02. The minimum absolute atomic E-state index is 0.0752. The van der Waals surface area contributed by atoms with Gasteiger partial charge in [0.05, 0.1) is 19.1 Å². The van der Waals surface area contributed by atoms with Crippen LogP contribution in [-0.2, 0) is 16.1 Å². The molecular formula is C22H28N2O2. The summed E-state index contributed by atoms with van der Waals surface area (Å²) in [4.78, 5) is 17.1. The van der Waals surface area contributed by atoms with Crippen molar-refractivity contribution >= 4 is 11.6 Å². The molecule has 0 radical (unpaired) electrons. The smallest absolute Gasteiger partial charge is 0.230 e. The molecule has 0 saturated carbocycles. The Balaban J connectivity index is 1.63. The number of rotatable bonds is 6. The van der Waals surface area contributed by atoms with Gasteiger partial charge in [-0.2, -0.15) is 0 Å². The summed E-state index contributed by atoms with van der Waals surface area (Å²) in [7, 11) is 1.89. The van der Waals surface area contributed by atoms with E-state index in [1.165, 1.54) is 5.69 Å². The number of amides is 1. The molecule has 1 aliphatic rings. The SMILES string of the molecule is CCC(C(=O)N(C)Cc1ccc(N2CCOCC2)cc1)c1ccccc1. The fourth-order valence-corrected chi connectivity index (χ4v) is 3.49.